The molecule has 1 aromatic heterocycles. The number of furan rings is 1. The van der Waals surface area contributed by atoms with Crippen molar-refractivity contribution in [2.24, 2.45) is 5.92 Å². The molecule has 100 valence electrons. The van der Waals surface area contributed by atoms with Crippen molar-refractivity contribution < 1.29 is 14.3 Å². The second kappa shape index (κ2) is 4.71. The highest BCUT2D eigenvalue weighted by Crippen LogP contribution is 2.47. The first-order valence-corrected chi connectivity index (χ1v) is 7.12. The molecule has 1 aliphatic carbocycles. The fourth-order valence-electron chi connectivity index (χ4n) is 3.41. The van der Waals surface area contributed by atoms with Crippen LogP contribution >= 0.6 is 0 Å². The number of aliphatic hydroxyl groups excluding tert-OH is 1. The molecule has 1 N–H and O–H groups in total. The van der Waals surface area contributed by atoms with E-state index in [0.29, 0.717) is 5.92 Å². The molecule has 3 rings (SSSR count). The maximum atomic E-state index is 10.6. The van der Waals surface area contributed by atoms with Crippen molar-refractivity contribution in [3.05, 3.63) is 23.7 Å². The summed E-state index contributed by atoms with van der Waals surface area (Å²) < 4.78 is 11.3. The third-order valence-electron chi connectivity index (χ3n) is 4.66. The molecule has 0 aromatic carbocycles. The zero-order valence-corrected chi connectivity index (χ0v) is 11.0. The second-order valence-corrected chi connectivity index (χ2v) is 5.74. The lowest BCUT2D eigenvalue weighted by atomic mass is 9.70. The number of rotatable bonds is 3. The molecule has 1 saturated carbocycles. The summed E-state index contributed by atoms with van der Waals surface area (Å²) in [6.07, 6.45) is 7.71. The van der Waals surface area contributed by atoms with E-state index < -0.39 is 0 Å². The van der Waals surface area contributed by atoms with Crippen LogP contribution < -0.4 is 0 Å². The van der Waals surface area contributed by atoms with Gasteiger partial charge in [0.05, 0.1) is 18.0 Å². The minimum absolute atomic E-state index is 0.0972. The van der Waals surface area contributed by atoms with E-state index >= 15 is 0 Å². The molecule has 0 radical (unpaired) electrons. The summed E-state index contributed by atoms with van der Waals surface area (Å²) in [5, 5.41) is 10.6. The van der Waals surface area contributed by atoms with Crippen LogP contribution in [-0.2, 0) is 11.2 Å². The van der Waals surface area contributed by atoms with Gasteiger partial charge in [0.15, 0.2) is 0 Å². The Morgan fingerprint density at radius 2 is 2.33 bits per heavy atom. The molecule has 1 aliphatic heterocycles. The van der Waals surface area contributed by atoms with Gasteiger partial charge in [0.25, 0.3) is 0 Å². The topological polar surface area (TPSA) is 42.6 Å². The minimum Gasteiger partial charge on any atom is -0.469 e. The predicted octanol–water partition coefficient (Wildman–Crippen LogP) is 3.22. The Morgan fingerprint density at radius 3 is 3.00 bits per heavy atom. The molecule has 3 nitrogen and oxygen atoms in total. The van der Waals surface area contributed by atoms with E-state index in [2.05, 4.69) is 6.92 Å². The van der Waals surface area contributed by atoms with Gasteiger partial charge in [0.1, 0.15) is 5.76 Å². The van der Waals surface area contributed by atoms with Gasteiger partial charge in [-0.05, 0) is 44.1 Å². The third kappa shape index (κ3) is 1.99. The molecule has 1 aromatic rings. The van der Waals surface area contributed by atoms with Gasteiger partial charge in [-0.25, -0.2) is 0 Å². The molecule has 0 amide bonds. The van der Waals surface area contributed by atoms with Crippen LogP contribution in [0, 0.1) is 5.92 Å². The summed E-state index contributed by atoms with van der Waals surface area (Å²) in [4.78, 5) is 0. The second-order valence-electron chi connectivity index (χ2n) is 5.74. The Kier molecular flexibility index (Phi) is 3.20. The van der Waals surface area contributed by atoms with E-state index in [0.717, 1.165) is 37.2 Å². The molecule has 2 aliphatic rings. The van der Waals surface area contributed by atoms with Gasteiger partial charge in [-0.3, -0.25) is 0 Å². The lowest BCUT2D eigenvalue weighted by molar-refractivity contribution is -0.157. The fraction of sp³-hybridized carbons (Fsp3) is 0.733. The highest BCUT2D eigenvalue weighted by Gasteiger charge is 2.44. The molecule has 1 spiro atoms. The van der Waals surface area contributed by atoms with E-state index in [1.165, 1.54) is 19.3 Å². The van der Waals surface area contributed by atoms with Crippen LogP contribution in [0.15, 0.2) is 16.7 Å². The molecule has 3 heteroatoms. The van der Waals surface area contributed by atoms with Crippen molar-refractivity contribution in [2.45, 2.75) is 57.2 Å². The largest absolute Gasteiger partial charge is 0.469 e. The van der Waals surface area contributed by atoms with Crippen molar-refractivity contribution >= 4 is 0 Å². The first-order chi connectivity index (χ1) is 8.74. The number of hydrogen-bond donors (Lipinski definition) is 1. The highest BCUT2D eigenvalue weighted by atomic mass is 16.5. The predicted molar refractivity (Wildman–Crippen MR) is 68.3 cm³/mol. The molecular weight excluding hydrogens is 228 g/mol. The fourth-order valence-corrected chi connectivity index (χ4v) is 3.41. The van der Waals surface area contributed by atoms with Gasteiger partial charge in [-0.15, -0.1) is 0 Å². The average Bonchev–Trinajstić information content (AvgIpc) is 2.84. The molecule has 1 saturated heterocycles. The van der Waals surface area contributed by atoms with Crippen LogP contribution in [0.5, 0.6) is 0 Å². The molecule has 0 bridgehead atoms. The van der Waals surface area contributed by atoms with E-state index in [-0.39, 0.29) is 11.7 Å². The van der Waals surface area contributed by atoms with Gasteiger partial charge in [0, 0.05) is 18.6 Å². The Labute approximate surface area is 108 Å². The van der Waals surface area contributed by atoms with E-state index in [1.807, 2.05) is 6.07 Å². The standard InChI is InChI=1S/C15H22O3/c1-2-13-12(5-8-17-13)14(16)11-4-9-18-15(10-11)6-3-7-15/h5,8,11,14,16H,2-4,6-7,9-10H2,1H3. The average molecular weight is 250 g/mol. The molecule has 2 heterocycles. The molecular formula is C15H22O3. The number of hydrogen-bond acceptors (Lipinski definition) is 3. The lowest BCUT2D eigenvalue weighted by Crippen LogP contribution is -2.46. The first-order valence-electron chi connectivity index (χ1n) is 7.12. The molecule has 2 unspecified atom stereocenters. The van der Waals surface area contributed by atoms with Crippen molar-refractivity contribution in [3.63, 3.8) is 0 Å². The first kappa shape index (κ1) is 12.2. The summed E-state index contributed by atoms with van der Waals surface area (Å²) in [6.45, 7) is 2.85. The minimum atomic E-state index is -0.389. The summed E-state index contributed by atoms with van der Waals surface area (Å²) in [6, 6.07) is 1.92. The van der Waals surface area contributed by atoms with Crippen molar-refractivity contribution in [1.29, 1.82) is 0 Å². The van der Waals surface area contributed by atoms with Gasteiger partial charge in [-0.1, -0.05) is 6.92 Å². The van der Waals surface area contributed by atoms with Crippen LogP contribution in [0.2, 0.25) is 0 Å². The van der Waals surface area contributed by atoms with Crippen LogP contribution in [0.1, 0.15) is 56.5 Å². The Balaban J connectivity index is 1.73. The smallest absolute Gasteiger partial charge is 0.109 e. The lowest BCUT2D eigenvalue weighted by Gasteiger charge is -2.48. The van der Waals surface area contributed by atoms with Crippen LogP contribution in [0.4, 0.5) is 0 Å². The summed E-state index contributed by atoms with van der Waals surface area (Å²) >= 11 is 0. The number of ether oxygens (including phenoxy) is 1. The van der Waals surface area contributed by atoms with E-state index in [4.69, 9.17) is 9.15 Å². The maximum absolute atomic E-state index is 10.6. The van der Waals surface area contributed by atoms with Crippen LogP contribution in [0.3, 0.4) is 0 Å². The monoisotopic (exact) mass is 250 g/mol. The summed E-state index contributed by atoms with van der Waals surface area (Å²) in [7, 11) is 0. The number of aliphatic hydroxyl groups is 1. The van der Waals surface area contributed by atoms with Crippen LogP contribution in [0.25, 0.3) is 0 Å². The summed E-state index contributed by atoms with van der Waals surface area (Å²) in [5.74, 6) is 1.25. The molecule has 18 heavy (non-hydrogen) atoms. The number of aryl methyl sites for hydroxylation is 1. The third-order valence-corrected chi connectivity index (χ3v) is 4.66. The van der Waals surface area contributed by atoms with Gasteiger partial charge < -0.3 is 14.3 Å². The summed E-state index contributed by atoms with van der Waals surface area (Å²) in [5.41, 5.74) is 1.08. The quantitative estimate of drug-likeness (QED) is 0.895. The Morgan fingerprint density at radius 1 is 1.50 bits per heavy atom. The highest BCUT2D eigenvalue weighted by molar-refractivity contribution is 5.21. The van der Waals surface area contributed by atoms with Gasteiger partial charge >= 0.3 is 0 Å². The van der Waals surface area contributed by atoms with E-state index in [9.17, 15) is 5.11 Å². The van der Waals surface area contributed by atoms with Crippen molar-refractivity contribution in [1.82, 2.24) is 0 Å². The van der Waals surface area contributed by atoms with E-state index in [1.54, 1.807) is 6.26 Å². The SMILES string of the molecule is CCc1occc1C(O)C1CCOC2(CCC2)C1. The maximum Gasteiger partial charge on any atom is 0.109 e. The van der Waals surface area contributed by atoms with Gasteiger partial charge in [0.2, 0.25) is 0 Å². The molecule has 2 atom stereocenters. The Hall–Kier alpha value is -0.800. The van der Waals surface area contributed by atoms with Crippen molar-refractivity contribution in [3.8, 4) is 0 Å². The molecule has 2 fully saturated rings. The zero-order valence-electron chi connectivity index (χ0n) is 11.0. The van der Waals surface area contributed by atoms with Crippen LogP contribution in [-0.4, -0.2) is 17.3 Å². The normalized spacial score (nSPS) is 28.0. The Bertz CT molecular complexity index is 406. The van der Waals surface area contributed by atoms with Gasteiger partial charge in [-0.2, -0.15) is 0 Å². The zero-order chi connectivity index (χ0) is 12.6. The van der Waals surface area contributed by atoms with Crippen molar-refractivity contribution in [2.75, 3.05) is 6.61 Å².